The third-order valence-electron chi connectivity index (χ3n) is 4.62. The number of carbonyl (C=O) groups is 2. The molecule has 144 valence electrons. The molecule has 0 radical (unpaired) electrons. The first-order valence-corrected chi connectivity index (χ1v) is 9.40. The molecule has 1 aliphatic carbocycles. The zero-order valence-electron chi connectivity index (χ0n) is 15.8. The third kappa shape index (κ3) is 4.00. The molecule has 2 amide bonds. The summed E-state index contributed by atoms with van der Waals surface area (Å²) >= 11 is 0. The summed E-state index contributed by atoms with van der Waals surface area (Å²) in [7, 11) is 0. The first-order valence-electron chi connectivity index (χ1n) is 9.40. The number of fused-ring (bicyclic) bond motifs is 1. The van der Waals surface area contributed by atoms with Gasteiger partial charge in [0.2, 0.25) is 5.91 Å². The average molecular weight is 378 g/mol. The minimum absolute atomic E-state index is 0.0336. The number of anilines is 1. The molecule has 28 heavy (non-hydrogen) atoms. The Bertz CT molecular complexity index is 1020. The van der Waals surface area contributed by atoms with Crippen molar-refractivity contribution in [3.05, 3.63) is 53.6 Å². The van der Waals surface area contributed by atoms with Crippen molar-refractivity contribution in [1.82, 2.24) is 24.9 Å². The van der Waals surface area contributed by atoms with Crippen molar-refractivity contribution < 1.29 is 9.59 Å². The van der Waals surface area contributed by atoms with Gasteiger partial charge in [-0.2, -0.15) is 10.1 Å². The topological polar surface area (TPSA) is 101 Å². The van der Waals surface area contributed by atoms with Gasteiger partial charge in [-0.1, -0.05) is 26.0 Å². The van der Waals surface area contributed by atoms with Gasteiger partial charge in [0.15, 0.2) is 0 Å². The third-order valence-corrected chi connectivity index (χ3v) is 4.62. The highest BCUT2D eigenvalue weighted by Gasteiger charge is 2.23. The molecule has 0 bridgehead atoms. The van der Waals surface area contributed by atoms with E-state index in [-0.39, 0.29) is 23.4 Å². The SMILES string of the molecule is CC(C)c1cc(C(=O)Nc2ccc(CC(=O)NC3CC3)cc2)nc2ncnn12. The van der Waals surface area contributed by atoms with E-state index < -0.39 is 0 Å². The second-order valence-electron chi connectivity index (χ2n) is 7.36. The fourth-order valence-electron chi connectivity index (χ4n) is 2.96. The number of rotatable bonds is 6. The Labute approximate surface area is 162 Å². The summed E-state index contributed by atoms with van der Waals surface area (Å²) in [4.78, 5) is 32.9. The molecule has 0 unspecified atom stereocenters. The van der Waals surface area contributed by atoms with Crippen LogP contribution < -0.4 is 10.6 Å². The number of aromatic nitrogens is 4. The van der Waals surface area contributed by atoms with Crippen LogP contribution in [0.25, 0.3) is 5.78 Å². The van der Waals surface area contributed by atoms with Gasteiger partial charge in [0.1, 0.15) is 12.0 Å². The normalized spacial score (nSPS) is 13.7. The van der Waals surface area contributed by atoms with Crippen LogP contribution in [0.5, 0.6) is 0 Å². The lowest BCUT2D eigenvalue weighted by atomic mass is 10.1. The lowest BCUT2D eigenvalue weighted by Crippen LogP contribution is -2.26. The number of carbonyl (C=O) groups excluding carboxylic acids is 2. The Kier molecular flexibility index (Phi) is 4.77. The predicted octanol–water partition coefficient (Wildman–Crippen LogP) is 2.32. The molecular weight excluding hydrogens is 356 g/mol. The number of hydrogen-bond acceptors (Lipinski definition) is 5. The highest BCUT2D eigenvalue weighted by atomic mass is 16.2. The predicted molar refractivity (Wildman–Crippen MR) is 104 cm³/mol. The minimum Gasteiger partial charge on any atom is -0.353 e. The van der Waals surface area contributed by atoms with E-state index in [1.54, 1.807) is 22.7 Å². The van der Waals surface area contributed by atoms with Crippen molar-refractivity contribution >= 4 is 23.3 Å². The molecule has 8 nitrogen and oxygen atoms in total. The van der Waals surface area contributed by atoms with Gasteiger partial charge < -0.3 is 10.6 Å². The summed E-state index contributed by atoms with van der Waals surface area (Å²) in [5.41, 5.74) is 2.70. The van der Waals surface area contributed by atoms with Crippen molar-refractivity contribution in [2.45, 2.75) is 45.1 Å². The van der Waals surface area contributed by atoms with Gasteiger partial charge in [-0.25, -0.2) is 9.50 Å². The summed E-state index contributed by atoms with van der Waals surface area (Å²) in [6.45, 7) is 4.05. The number of benzene rings is 1. The summed E-state index contributed by atoms with van der Waals surface area (Å²) in [6, 6.07) is 9.36. The Morgan fingerprint density at radius 3 is 2.64 bits per heavy atom. The van der Waals surface area contributed by atoms with Gasteiger partial charge in [0.05, 0.1) is 12.1 Å². The number of nitrogens with one attached hydrogen (secondary N) is 2. The first-order chi connectivity index (χ1) is 13.5. The van der Waals surface area contributed by atoms with Crippen LogP contribution in [0.2, 0.25) is 0 Å². The van der Waals surface area contributed by atoms with E-state index in [1.165, 1.54) is 6.33 Å². The number of nitrogens with zero attached hydrogens (tertiary/aromatic N) is 4. The first kappa shape index (κ1) is 18.1. The van der Waals surface area contributed by atoms with Gasteiger partial charge in [0, 0.05) is 11.7 Å². The van der Waals surface area contributed by atoms with Crippen LogP contribution in [-0.4, -0.2) is 37.4 Å². The van der Waals surface area contributed by atoms with E-state index in [4.69, 9.17) is 0 Å². The largest absolute Gasteiger partial charge is 0.353 e. The van der Waals surface area contributed by atoms with Crippen LogP contribution in [0, 0.1) is 0 Å². The summed E-state index contributed by atoms with van der Waals surface area (Å²) in [6.07, 6.45) is 3.91. The van der Waals surface area contributed by atoms with Gasteiger partial charge >= 0.3 is 0 Å². The summed E-state index contributed by atoms with van der Waals surface area (Å²) in [5, 5.41) is 9.97. The van der Waals surface area contributed by atoms with Gasteiger partial charge in [-0.15, -0.1) is 0 Å². The summed E-state index contributed by atoms with van der Waals surface area (Å²) in [5.74, 6) is 0.283. The van der Waals surface area contributed by atoms with Crippen molar-refractivity contribution in [2.24, 2.45) is 0 Å². The van der Waals surface area contributed by atoms with Crippen LogP contribution in [0.4, 0.5) is 5.69 Å². The molecule has 2 N–H and O–H groups in total. The number of amides is 2. The van der Waals surface area contributed by atoms with E-state index in [0.29, 0.717) is 23.9 Å². The van der Waals surface area contributed by atoms with Crippen LogP contribution in [0.3, 0.4) is 0 Å². The second kappa shape index (κ2) is 7.38. The maximum absolute atomic E-state index is 12.7. The van der Waals surface area contributed by atoms with E-state index in [0.717, 1.165) is 24.1 Å². The second-order valence-corrected chi connectivity index (χ2v) is 7.36. The highest BCUT2D eigenvalue weighted by Crippen LogP contribution is 2.19. The van der Waals surface area contributed by atoms with E-state index >= 15 is 0 Å². The lowest BCUT2D eigenvalue weighted by Gasteiger charge is -2.10. The maximum Gasteiger partial charge on any atom is 0.274 e. The van der Waals surface area contributed by atoms with Crippen molar-refractivity contribution in [2.75, 3.05) is 5.32 Å². The molecule has 8 heteroatoms. The molecule has 0 atom stereocenters. The molecule has 4 rings (SSSR count). The number of hydrogen-bond donors (Lipinski definition) is 2. The van der Waals surface area contributed by atoms with Crippen LogP contribution >= 0.6 is 0 Å². The molecule has 2 heterocycles. The standard InChI is InChI=1S/C20H22N6O2/c1-12(2)17-10-16(25-20-21-11-22-26(17)20)19(28)24-15-5-3-13(4-6-15)9-18(27)23-14-7-8-14/h3-6,10-12,14H,7-9H2,1-2H3,(H,23,27)(H,24,28). The smallest absolute Gasteiger partial charge is 0.274 e. The van der Waals surface area contributed by atoms with E-state index in [2.05, 4.69) is 25.7 Å². The molecule has 2 aromatic heterocycles. The average Bonchev–Trinajstić information content (AvgIpc) is 3.34. The van der Waals surface area contributed by atoms with Crippen LogP contribution in [0.15, 0.2) is 36.7 Å². The van der Waals surface area contributed by atoms with Crippen LogP contribution in [0.1, 0.15) is 54.4 Å². The van der Waals surface area contributed by atoms with Crippen molar-refractivity contribution in [3.8, 4) is 0 Å². The van der Waals surface area contributed by atoms with Gasteiger partial charge in [-0.05, 0) is 42.5 Å². The zero-order chi connectivity index (χ0) is 19.7. The molecule has 0 saturated heterocycles. The van der Waals surface area contributed by atoms with Crippen molar-refractivity contribution in [3.63, 3.8) is 0 Å². The quantitative estimate of drug-likeness (QED) is 0.685. The maximum atomic E-state index is 12.7. The molecule has 3 aromatic rings. The van der Waals surface area contributed by atoms with Crippen LogP contribution in [-0.2, 0) is 11.2 Å². The molecule has 1 aliphatic rings. The highest BCUT2D eigenvalue weighted by molar-refractivity contribution is 6.03. The fourth-order valence-corrected chi connectivity index (χ4v) is 2.96. The fraction of sp³-hybridized carbons (Fsp3) is 0.350. The molecule has 0 spiro atoms. The Morgan fingerprint density at radius 2 is 1.96 bits per heavy atom. The Hall–Kier alpha value is -3.29. The molecule has 1 aromatic carbocycles. The monoisotopic (exact) mass is 378 g/mol. The Balaban J connectivity index is 1.45. The zero-order valence-corrected chi connectivity index (χ0v) is 15.8. The molecular formula is C20H22N6O2. The Morgan fingerprint density at radius 1 is 1.21 bits per heavy atom. The summed E-state index contributed by atoms with van der Waals surface area (Å²) < 4.78 is 1.64. The van der Waals surface area contributed by atoms with E-state index in [1.807, 2.05) is 26.0 Å². The minimum atomic E-state index is -0.313. The molecule has 1 fully saturated rings. The van der Waals surface area contributed by atoms with Crippen molar-refractivity contribution in [1.29, 1.82) is 0 Å². The van der Waals surface area contributed by atoms with Gasteiger partial charge in [-0.3, -0.25) is 9.59 Å². The lowest BCUT2D eigenvalue weighted by molar-refractivity contribution is -0.120. The van der Waals surface area contributed by atoms with Gasteiger partial charge in [0.25, 0.3) is 11.7 Å². The molecule has 1 saturated carbocycles. The van der Waals surface area contributed by atoms with E-state index in [9.17, 15) is 9.59 Å². The molecule has 0 aliphatic heterocycles.